The second-order valence-electron chi connectivity index (χ2n) is 15.0. The van der Waals surface area contributed by atoms with E-state index in [0.717, 1.165) is 83.5 Å². The van der Waals surface area contributed by atoms with Crippen LogP contribution in [0.3, 0.4) is 0 Å². The summed E-state index contributed by atoms with van der Waals surface area (Å²) in [5.41, 5.74) is 0. The molecule has 0 heterocycles. The summed E-state index contributed by atoms with van der Waals surface area (Å²) >= 11 is 0. The van der Waals surface area contributed by atoms with Crippen molar-refractivity contribution in [3.05, 3.63) is 24.3 Å². The molecule has 0 saturated carbocycles. The smallest absolute Gasteiger partial charge is 0.306 e. The zero-order valence-electron chi connectivity index (χ0n) is 34.6. The molecule has 6 heteroatoms. The molecule has 52 heavy (non-hydrogen) atoms. The molecular formula is C46H84O6. The first-order valence-corrected chi connectivity index (χ1v) is 22.3. The second-order valence-corrected chi connectivity index (χ2v) is 15.0. The van der Waals surface area contributed by atoms with E-state index in [9.17, 15) is 14.4 Å². The van der Waals surface area contributed by atoms with Crippen LogP contribution in [-0.4, -0.2) is 37.2 Å². The molecule has 0 aromatic carbocycles. The minimum absolute atomic E-state index is 0.0755. The number of allylic oxidation sites excluding steroid dienone is 4. The Morgan fingerprint density at radius 1 is 0.365 bits per heavy atom. The molecule has 6 nitrogen and oxygen atoms in total. The van der Waals surface area contributed by atoms with Gasteiger partial charge in [-0.25, -0.2) is 0 Å². The van der Waals surface area contributed by atoms with Crippen LogP contribution in [0.1, 0.15) is 233 Å². The van der Waals surface area contributed by atoms with Gasteiger partial charge in [0.15, 0.2) is 6.10 Å². The first kappa shape index (κ1) is 49.9. The van der Waals surface area contributed by atoms with Gasteiger partial charge in [0, 0.05) is 19.3 Å². The maximum atomic E-state index is 12.6. The van der Waals surface area contributed by atoms with E-state index in [1.54, 1.807) is 0 Å². The fourth-order valence-electron chi connectivity index (χ4n) is 6.26. The van der Waals surface area contributed by atoms with Gasteiger partial charge in [0.1, 0.15) is 13.2 Å². The van der Waals surface area contributed by atoms with Crippen LogP contribution in [0.15, 0.2) is 24.3 Å². The number of esters is 3. The summed E-state index contributed by atoms with van der Waals surface area (Å²) < 4.78 is 16.6. The number of ether oxygens (including phenoxy) is 3. The molecule has 0 aromatic heterocycles. The monoisotopic (exact) mass is 733 g/mol. The topological polar surface area (TPSA) is 78.9 Å². The van der Waals surface area contributed by atoms with E-state index < -0.39 is 6.10 Å². The van der Waals surface area contributed by atoms with Gasteiger partial charge in [-0.2, -0.15) is 0 Å². The van der Waals surface area contributed by atoms with Crippen LogP contribution in [0.5, 0.6) is 0 Å². The fourth-order valence-corrected chi connectivity index (χ4v) is 6.26. The summed E-state index contributed by atoms with van der Waals surface area (Å²) in [4.78, 5) is 37.5. The lowest BCUT2D eigenvalue weighted by atomic mass is 10.1. The Morgan fingerprint density at radius 2 is 0.673 bits per heavy atom. The molecule has 304 valence electrons. The molecule has 0 aliphatic rings. The van der Waals surface area contributed by atoms with Crippen molar-refractivity contribution in [3.63, 3.8) is 0 Å². The SMILES string of the molecule is CCC/C=C\CCCCCCCC(=O)OC(COC(=O)CCCCCCC/C=C\CCCCCCCCC)COC(=O)CCCCCCCCCC. The molecule has 0 fully saturated rings. The van der Waals surface area contributed by atoms with E-state index >= 15 is 0 Å². The third-order valence-electron chi connectivity index (χ3n) is 9.66. The van der Waals surface area contributed by atoms with Gasteiger partial charge in [0.2, 0.25) is 0 Å². The molecule has 0 aliphatic heterocycles. The van der Waals surface area contributed by atoms with Crippen molar-refractivity contribution < 1.29 is 28.6 Å². The standard InChI is InChI=1S/C46H84O6/c1-4-7-10-13-16-19-21-22-23-24-25-26-28-30-33-36-39-45(48)51-42-43(41-50-44(47)38-35-32-29-18-15-12-9-6-3)52-46(49)40-37-34-31-27-20-17-14-11-8-5-2/h11,14,23-24,43H,4-10,12-13,15-22,25-42H2,1-3H3/b14-11-,24-23-. The second kappa shape index (κ2) is 41.6. The summed E-state index contributed by atoms with van der Waals surface area (Å²) in [7, 11) is 0. The van der Waals surface area contributed by atoms with Crippen LogP contribution in [0, 0.1) is 0 Å². The first-order chi connectivity index (χ1) is 25.5. The summed E-state index contributed by atoms with van der Waals surface area (Å²) in [6.07, 6.45) is 44.5. The normalized spacial score (nSPS) is 12.1. The van der Waals surface area contributed by atoms with Gasteiger partial charge in [0.05, 0.1) is 0 Å². The number of unbranched alkanes of at least 4 members (excludes halogenated alkanes) is 25. The summed E-state index contributed by atoms with van der Waals surface area (Å²) in [5.74, 6) is -0.897. The van der Waals surface area contributed by atoms with Gasteiger partial charge in [-0.05, 0) is 64.2 Å². The zero-order valence-corrected chi connectivity index (χ0v) is 34.6. The third-order valence-corrected chi connectivity index (χ3v) is 9.66. The van der Waals surface area contributed by atoms with Crippen molar-refractivity contribution in [2.75, 3.05) is 13.2 Å². The van der Waals surface area contributed by atoms with Crippen LogP contribution >= 0.6 is 0 Å². The van der Waals surface area contributed by atoms with Crippen molar-refractivity contribution in [3.8, 4) is 0 Å². The highest BCUT2D eigenvalue weighted by Gasteiger charge is 2.19. The predicted molar refractivity (Wildman–Crippen MR) is 219 cm³/mol. The molecule has 0 N–H and O–H groups in total. The molecular weight excluding hydrogens is 649 g/mol. The highest BCUT2D eigenvalue weighted by molar-refractivity contribution is 5.71. The minimum Gasteiger partial charge on any atom is -0.462 e. The summed E-state index contributed by atoms with van der Waals surface area (Å²) in [5, 5.41) is 0. The zero-order chi connectivity index (χ0) is 38.0. The molecule has 0 rings (SSSR count). The van der Waals surface area contributed by atoms with Gasteiger partial charge in [-0.15, -0.1) is 0 Å². The van der Waals surface area contributed by atoms with E-state index in [2.05, 4.69) is 45.1 Å². The number of hydrogen-bond donors (Lipinski definition) is 0. The molecule has 0 aliphatic carbocycles. The van der Waals surface area contributed by atoms with E-state index in [4.69, 9.17) is 14.2 Å². The Kier molecular flexibility index (Phi) is 40.0. The van der Waals surface area contributed by atoms with Gasteiger partial charge in [-0.3, -0.25) is 14.4 Å². The van der Waals surface area contributed by atoms with Crippen molar-refractivity contribution in [2.45, 2.75) is 239 Å². The Labute approximate surface area is 322 Å². The number of rotatable bonds is 40. The summed E-state index contributed by atoms with van der Waals surface area (Å²) in [6.45, 7) is 6.53. The average molecular weight is 733 g/mol. The maximum Gasteiger partial charge on any atom is 0.306 e. The van der Waals surface area contributed by atoms with Crippen LogP contribution < -0.4 is 0 Å². The molecule has 1 atom stereocenters. The number of hydrogen-bond acceptors (Lipinski definition) is 6. The van der Waals surface area contributed by atoms with Crippen LogP contribution in [0.4, 0.5) is 0 Å². The van der Waals surface area contributed by atoms with Crippen molar-refractivity contribution in [1.82, 2.24) is 0 Å². The Hall–Kier alpha value is -2.11. The molecule has 0 radical (unpaired) electrons. The van der Waals surface area contributed by atoms with Gasteiger partial charge in [0.25, 0.3) is 0 Å². The molecule has 0 spiro atoms. The van der Waals surface area contributed by atoms with Gasteiger partial charge < -0.3 is 14.2 Å². The molecule has 0 aromatic rings. The van der Waals surface area contributed by atoms with E-state index in [1.165, 1.54) is 109 Å². The van der Waals surface area contributed by atoms with E-state index in [1.807, 2.05) is 0 Å². The Bertz CT molecular complexity index is 850. The highest BCUT2D eigenvalue weighted by atomic mass is 16.6. The quantitative estimate of drug-likeness (QED) is 0.0270. The fraction of sp³-hybridized carbons (Fsp3) is 0.848. The molecule has 0 saturated heterocycles. The van der Waals surface area contributed by atoms with Crippen molar-refractivity contribution in [2.24, 2.45) is 0 Å². The lowest BCUT2D eigenvalue weighted by molar-refractivity contribution is -0.167. The average Bonchev–Trinajstić information content (AvgIpc) is 3.14. The Morgan fingerprint density at radius 3 is 1.04 bits per heavy atom. The van der Waals surface area contributed by atoms with Gasteiger partial charge in [-0.1, -0.05) is 173 Å². The van der Waals surface area contributed by atoms with E-state index in [0.29, 0.717) is 19.3 Å². The first-order valence-electron chi connectivity index (χ1n) is 22.3. The summed E-state index contributed by atoms with van der Waals surface area (Å²) in [6, 6.07) is 0. The minimum atomic E-state index is -0.771. The Balaban J connectivity index is 4.30. The van der Waals surface area contributed by atoms with E-state index in [-0.39, 0.29) is 31.1 Å². The molecule has 0 amide bonds. The van der Waals surface area contributed by atoms with Gasteiger partial charge >= 0.3 is 17.9 Å². The maximum absolute atomic E-state index is 12.6. The highest BCUT2D eigenvalue weighted by Crippen LogP contribution is 2.14. The van der Waals surface area contributed by atoms with Crippen LogP contribution in [0.25, 0.3) is 0 Å². The van der Waals surface area contributed by atoms with Crippen molar-refractivity contribution in [1.29, 1.82) is 0 Å². The largest absolute Gasteiger partial charge is 0.462 e. The molecule has 1 unspecified atom stereocenters. The number of carbonyl (C=O) groups is 3. The lowest BCUT2D eigenvalue weighted by Crippen LogP contribution is -2.30. The van der Waals surface area contributed by atoms with Crippen LogP contribution in [-0.2, 0) is 28.6 Å². The lowest BCUT2D eigenvalue weighted by Gasteiger charge is -2.18. The van der Waals surface area contributed by atoms with Crippen molar-refractivity contribution >= 4 is 17.9 Å². The number of carbonyl (C=O) groups excluding carboxylic acids is 3. The van der Waals surface area contributed by atoms with Crippen LogP contribution in [0.2, 0.25) is 0 Å². The molecule has 0 bridgehead atoms. The third kappa shape index (κ3) is 39.1. The predicted octanol–water partition coefficient (Wildman–Crippen LogP) is 14.0.